The van der Waals surface area contributed by atoms with Crippen LogP contribution in [0.4, 0.5) is 5.82 Å². The zero-order valence-electron chi connectivity index (χ0n) is 10.6. The van der Waals surface area contributed by atoms with Crippen LogP contribution in [0.5, 0.6) is 0 Å². The summed E-state index contributed by atoms with van der Waals surface area (Å²) in [7, 11) is -2.87. The molecule has 1 aromatic heterocycles. The number of alkyl halides is 1. The second-order valence-electron chi connectivity index (χ2n) is 4.66. The molecule has 1 fully saturated rings. The van der Waals surface area contributed by atoms with Gasteiger partial charge in [0, 0.05) is 24.3 Å². The van der Waals surface area contributed by atoms with Crippen LogP contribution in [-0.4, -0.2) is 38.0 Å². The molecule has 0 spiro atoms. The molecule has 2 rings (SSSR count). The van der Waals surface area contributed by atoms with Gasteiger partial charge in [-0.25, -0.2) is 13.4 Å². The van der Waals surface area contributed by atoms with Crippen LogP contribution in [0, 0.1) is 13.8 Å². The van der Waals surface area contributed by atoms with Crippen molar-refractivity contribution in [1.82, 2.24) is 4.98 Å². The molecule has 0 N–H and O–H groups in total. The molecule has 0 aromatic carbocycles. The molecule has 2 heterocycles. The highest BCUT2D eigenvalue weighted by Crippen LogP contribution is 2.25. The van der Waals surface area contributed by atoms with E-state index in [0.717, 1.165) is 22.6 Å². The molecule has 1 aromatic rings. The second kappa shape index (κ2) is 5.05. The van der Waals surface area contributed by atoms with Crippen LogP contribution in [0.2, 0.25) is 0 Å². The van der Waals surface area contributed by atoms with Gasteiger partial charge in [0.2, 0.25) is 0 Å². The fourth-order valence-corrected chi connectivity index (χ4v) is 3.73. The van der Waals surface area contributed by atoms with Crippen LogP contribution in [0.3, 0.4) is 0 Å². The predicted molar refractivity (Wildman–Crippen MR) is 74.1 cm³/mol. The predicted octanol–water partition coefficient (Wildman–Crippen LogP) is 1.67. The normalized spacial score (nSPS) is 18.9. The van der Waals surface area contributed by atoms with Gasteiger partial charge in [-0.05, 0) is 25.5 Å². The van der Waals surface area contributed by atoms with Crippen molar-refractivity contribution in [1.29, 1.82) is 0 Å². The topological polar surface area (TPSA) is 50.3 Å². The number of nitrogens with zero attached hydrogens (tertiary/aromatic N) is 2. The number of anilines is 1. The number of hydrogen-bond donors (Lipinski definition) is 0. The van der Waals surface area contributed by atoms with E-state index in [1.807, 2.05) is 24.8 Å². The van der Waals surface area contributed by atoms with Crippen molar-refractivity contribution >= 4 is 27.3 Å². The van der Waals surface area contributed by atoms with Gasteiger partial charge in [0.15, 0.2) is 9.84 Å². The van der Waals surface area contributed by atoms with Gasteiger partial charge in [0.1, 0.15) is 5.82 Å². The van der Waals surface area contributed by atoms with E-state index in [4.69, 9.17) is 11.6 Å². The molecule has 100 valence electrons. The van der Waals surface area contributed by atoms with E-state index >= 15 is 0 Å². The van der Waals surface area contributed by atoms with Gasteiger partial charge in [-0.1, -0.05) is 0 Å². The van der Waals surface area contributed by atoms with Gasteiger partial charge in [-0.15, -0.1) is 11.6 Å². The van der Waals surface area contributed by atoms with E-state index < -0.39 is 9.84 Å². The van der Waals surface area contributed by atoms with E-state index in [1.165, 1.54) is 0 Å². The van der Waals surface area contributed by atoms with Gasteiger partial charge in [0.05, 0.1) is 17.4 Å². The summed E-state index contributed by atoms with van der Waals surface area (Å²) in [6.45, 7) is 4.95. The van der Waals surface area contributed by atoms with Crippen molar-refractivity contribution in [2.24, 2.45) is 0 Å². The molecular formula is C12H17ClN2O2S. The Morgan fingerprint density at radius 1 is 1.33 bits per heavy atom. The lowest BCUT2D eigenvalue weighted by Gasteiger charge is -2.30. The number of sulfone groups is 1. The highest BCUT2D eigenvalue weighted by Gasteiger charge is 2.24. The highest BCUT2D eigenvalue weighted by atomic mass is 35.5. The zero-order chi connectivity index (χ0) is 13.3. The first kappa shape index (κ1) is 13.6. The summed E-state index contributed by atoms with van der Waals surface area (Å²) < 4.78 is 22.9. The maximum absolute atomic E-state index is 11.4. The molecule has 18 heavy (non-hydrogen) atoms. The third kappa shape index (κ3) is 2.78. The third-order valence-corrected chi connectivity index (χ3v) is 5.11. The number of aromatic nitrogens is 1. The van der Waals surface area contributed by atoms with E-state index in [-0.39, 0.29) is 11.5 Å². The average molecular weight is 289 g/mol. The molecular weight excluding hydrogens is 272 g/mol. The summed E-state index contributed by atoms with van der Waals surface area (Å²) in [5.41, 5.74) is 3.05. The van der Waals surface area contributed by atoms with Gasteiger partial charge in [-0.2, -0.15) is 0 Å². The summed E-state index contributed by atoms with van der Waals surface area (Å²) in [6.07, 6.45) is 0. The van der Waals surface area contributed by atoms with Crippen LogP contribution in [0.25, 0.3) is 0 Å². The number of halogens is 1. The molecule has 0 saturated carbocycles. The van der Waals surface area contributed by atoms with E-state index in [0.29, 0.717) is 19.0 Å². The highest BCUT2D eigenvalue weighted by molar-refractivity contribution is 7.91. The summed E-state index contributed by atoms with van der Waals surface area (Å²) >= 11 is 5.98. The molecule has 0 bridgehead atoms. The van der Waals surface area contributed by atoms with E-state index in [9.17, 15) is 8.42 Å². The Balaban J connectivity index is 2.34. The Hall–Kier alpha value is -0.810. The Morgan fingerprint density at radius 2 is 1.94 bits per heavy atom. The molecule has 0 unspecified atom stereocenters. The first-order valence-electron chi connectivity index (χ1n) is 5.91. The van der Waals surface area contributed by atoms with Crippen molar-refractivity contribution < 1.29 is 8.42 Å². The monoisotopic (exact) mass is 288 g/mol. The molecule has 1 aliphatic heterocycles. The van der Waals surface area contributed by atoms with Crippen molar-refractivity contribution in [3.63, 3.8) is 0 Å². The lowest BCUT2D eigenvalue weighted by Crippen LogP contribution is -2.41. The van der Waals surface area contributed by atoms with Gasteiger partial charge < -0.3 is 4.90 Å². The van der Waals surface area contributed by atoms with Crippen LogP contribution in [0.15, 0.2) is 6.07 Å². The zero-order valence-corrected chi connectivity index (χ0v) is 12.2. The quantitative estimate of drug-likeness (QED) is 0.777. The van der Waals surface area contributed by atoms with Crippen LogP contribution < -0.4 is 4.90 Å². The third-order valence-electron chi connectivity index (χ3n) is 3.23. The standard InChI is InChI=1S/C12H17ClN2O2S/c1-9-7-10(2)14-12(11(9)8-13)15-3-5-18(16,17)6-4-15/h7H,3-6,8H2,1-2H3. The van der Waals surface area contributed by atoms with Crippen molar-refractivity contribution in [3.8, 4) is 0 Å². The first-order valence-corrected chi connectivity index (χ1v) is 8.27. The summed E-state index contributed by atoms with van der Waals surface area (Å²) in [5.74, 6) is 1.64. The largest absolute Gasteiger partial charge is 0.354 e. The lowest BCUT2D eigenvalue weighted by molar-refractivity contribution is 0.586. The maximum Gasteiger partial charge on any atom is 0.153 e. The minimum Gasteiger partial charge on any atom is -0.354 e. The fourth-order valence-electron chi connectivity index (χ4n) is 2.19. The van der Waals surface area contributed by atoms with Gasteiger partial charge in [-0.3, -0.25) is 0 Å². The minimum absolute atomic E-state index is 0.198. The molecule has 0 atom stereocenters. The van der Waals surface area contributed by atoms with Gasteiger partial charge in [0.25, 0.3) is 0 Å². The first-order chi connectivity index (χ1) is 8.43. The molecule has 6 heteroatoms. The average Bonchev–Trinajstić information content (AvgIpc) is 2.28. The summed E-state index contributed by atoms with van der Waals surface area (Å²) in [6, 6.07) is 2.00. The lowest BCUT2D eigenvalue weighted by atomic mass is 10.1. The molecule has 0 radical (unpaired) electrons. The van der Waals surface area contributed by atoms with Crippen LogP contribution in [-0.2, 0) is 15.7 Å². The Labute approximate surface area is 113 Å². The Kier molecular flexibility index (Phi) is 3.82. The number of aryl methyl sites for hydroxylation is 2. The number of pyridine rings is 1. The number of hydrogen-bond acceptors (Lipinski definition) is 4. The van der Waals surface area contributed by atoms with Gasteiger partial charge >= 0.3 is 0 Å². The van der Waals surface area contributed by atoms with E-state index in [2.05, 4.69) is 4.98 Å². The number of rotatable bonds is 2. The Bertz CT molecular complexity index is 543. The fraction of sp³-hybridized carbons (Fsp3) is 0.583. The molecule has 0 amide bonds. The molecule has 1 saturated heterocycles. The molecule has 4 nitrogen and oxygen atoms in total. The minimum atomic E-state index is -2.87. The smallest absolute Gasteiger partial charge is 0.153 e. The maximum atomic E-state index is 11.4. The van der Waals surface area contributed by atoms with Crippen molar-refractivity contribution in [2.45, 2.75) is 19.7 Å². The second-order valence-corrected chi connectivity index (χ2v) is 7.23. The van der Waals surface area contributed by atoms with E-state index in [1.54, 1.807) is 0 Å². The van der Waals surface area contributed by atoms with Crippen LogP contribution >= 0.6 is 11.6 Å². The molecule has 1 aliphatic rings. The van der Waals surface area contributed by atoms with Crippen molar-refractivity contribution in [3.05, 3.63) is 22.9 Å². The van der Waals surface area contributed by atoms with Crippen molar-refractivity contribution in [2.75, 3.05) is 29.5 Å². The summed E-state index contributed by atoms with van der Waals surface area (Å²) in [5, 5.41) is 0. The SMILES string of the molecule is Cc1cc(C)c(CCl)c(N2CCS(=O)(=O)CC2)n1. The Morgan fingerprint density at radius 3 is 2.50 bits per heavy atom. The summed E-state index contributed by atoms with van der Waals surface area (Å²) in [4.78, 5) is 6.55. The molecule has 0 aliphatic carbocycles. The van der Waals surface area contributed by atoms with Crippen LogP contribution in [0.1, 0.15) is 16.8 Å².